The fraction of sp³-hybridized carbons (Fsp3) is 0.300. The quantitative estimate of drug-likeness (QED) is 0.782. The Morgan fingerprint density at radius 2 is 1.79 bits per heavy atom. The lowest BCUT2D eigenvalue weighted by Crippen LogP contribution is -2.38. The molecular formula is C20H19F3N2O3. The van der Waals surface area contributed by atoms with Gasteiger partial charge in [-0.2, -0.15) is 18.3 Å². The van der Waals surface area contributed by atoms with Crippen LogP contribution in [-0.2, 0) is 4.79 Å². The van der Waals surface area contributed by atoms with Gasteiger partial charge >= 0.3 is 12.1 Å². The fourth-order valence-corrected chi connectivity index (χ4v) is 3.08. The largest absolute Gasteiger partial charge is 0.497 e. The molecule has 1 aliphatic heterocycles. The zero-order chi connectivity index (χ0) is 20.5. The number of hydrogen-bond acceptors (Lipinski definition) is 4. The topological polar surface area (TPSA) is 51.1 Å². The number of hydrogen-bond donors (Lipinski definition) is 0. The number of carbonyl (C=O) groups is 1. The average Bonchev–Trinajstić information content (AvgIpc) is 3.11. The van der Waals surface area contributed by atoms with E-state index in [0.29, 0.717) is 33.3 Å². The third kappa shape index (κ3) is 3.81. The molecule has 2 aromatic carbocycles. The van der Waals surface area contributed by atoms with E-state index in [9.17, 15) is 18.0 Å². The second-order valence-corrected chi connectivity index (χ2v) is 6.39. The minimum atomic E-state index is -5.03. The Balaban J connectivity index is 2.06. The van der Waals surface area contributed by atoms with Crippen LogP contribution >= 0.6 is 0 Å². The lowest BCUT2D eigenvalue weighted by atomic mass is 9.97. The van der Waals surface area contributed by atoms with Crippen molar-refractivity contribution < 1.29 is 27.4 Å². The maximum atomic E-state index is 13.1. The Bertz CT molecular complexity index is 908. The van der Waals surface area contributed by atoms with Crippen molar-refractivity contribution in [1.29, 1.82) is 0 Å². The molecule has 0 aromatic heterocycles. The van der Waals surface area contributed by atoms with Gasteiger partial charge in [0.05, 0.1) is 26.0 Å². The third-order valence-electron chi connectivity index (χ3n) is 4.54. The van der Waals surface area contributed by atoms with Gasteiger partial charge in [-0.25, -0.2) is 5.01 Å². The highest BCUT2D eigenvalue weighted by molar-refractivity contribution is 6.05. The van der Waals surface area contributed by atoms with Gasteiger partial charge < -0.3 is 9.47 Å². The second kappa shape index (κ2) is 7.53. The minimum absolute atomic E-state index is 0.119. The first-order valence-corrected chi connectivity index (χ1v) is 8.51. The molecule has 5 nitrogen and oxygen atoms in total. The predicted molar refractivity (Wildman–Crippen MR) is 97.5 cm³/mol. The monoisotopic (exact) mass is 392 g/mol. The standard InChI is InChI=1S/C20H19F3N2O3/c1-12-4-6-13(7-5-12)17-11-16(24-25(17)19(26)20(21,22)23)15-10-14(27-2)8-9-18(15)28-3/h4-10,17H,11H2,1-3H3/t17-/m0/s1. The molecule has 1 aliphatic rings. The van der Waals surface area contributed by atoms with Crippen LogP contribution in [0.1, 0.15) is 29.2 Å². The van der Waals surface area contributed by atoms with Gasteiger partial charge in [0.1, 0.15) is 11.5 Å². The van der Waals surface area contributed by atoms with Gasteiger partial charge in [0.25, 0.3) is 0 Å². The molecule has 0 N–H and O–H groups in total. The number of carbonyl (C=O) groups excluding carboxylic acids is 1. The summed E-state index contributed by atoms with van der Waals surface area (Å²) in [7, 11) is 2.94. The molecule has 148 valence electrons. The van der Waals surface area contributed by atoms with Crippen LogP contribution in [0.2, 0.25) is 0 Å². The Kier molecular flexibility index (Phi) is 5.31. The lowest BCUT2D eigenvalue weighted by molar-refractivity contribution is -0.187. The molecule has 3 rings (SSSR count). The summed E-state index contributed by atoms with van der Waals surface area (Å²) in [5.41, 5.74) is 2.34. The molecule has 0 fully saturated rings. The van der Waals surface area contributed by atoms with Gasteiger partial charge in [-0.1, -0.05) is 29.8 Å². The van der Waals surface area contributed by atoms with Crippen LogP contribution in [0.4, 0.5) is 13.2 Å². The van der Waals surface area contributed by atoms with E-state index in [-0.39, 0.29) is 6.42 Å². The Morgan fingerprint density at radius 1 is 1.11 bits per heavy atom. The van der Waals surface area contributed by atoms with E-state index < -0.39 is 18.1 Å². The summed E-state index contributed by atoms with van der Waals surface area (Å²) < 4.78 is 49.9. The van der Waals surface area contributed by atoms with Gasteiger partial charge in [0.2, 0.25) is 0 Å². The Morgan fingerprint density at radius 3 is 2.36 bits per heavy atom. The van der Waals surface area contributed by atoms with Crippen LogP contribution in [0, 0.1) is 6.92 Å². The molecule has 0 saturated heterocycles. The molecule has 0 unspecified atom stereocenters. The van der Waals surface area contributed by atoms with E-state index in [4.69, 9.17) is 9.47 Å². The highest BCUT2D eigenvalue weighted by Gasteiger charge is 2.47. The number of nitrogens with zero attached hydrogens (tertiary/aromatic N) is 2. The van der Waals surface area contributed by atoms with Gasteiger partial charge in [-0.3, -0.25) is 4.79 Å². The molecule has 0 radical (unpaired) electrons. The van der Waals surface area contributed by atoms with Gasteiger partial charge in [0, 0.05) is 12.0 Å². The lowest BCUT2D eigenvalue weighted by Gasteiger charge is -2.23. The SMILES string of the molecule is COc1ccc(OC)c(C2=NN(C(=O)C(F)(F)F)[C@H](c3ccc(C)cc3)C2)c1. The van der Waals surface area contributed by atoms with Gasteiger partial charge in [-0.15, -0.1) is 0 Å². The Labute approximate surface area is 160 Å². The average molecular weight is 392 g/mol. The molecule has 0 aliphatic carbocycles. The van der Waals surface area contributed by atoms with Crippen LogP contribution in [-0.4, -0.2) is 37.0 Å². The molecular weight excluding hydrogens is 373 g/mol. The minimum Gasteiger partial charge on any atom is -0.497 e. The summed E-state index contributed by atoms with van der Waals surface area (Å²) in [6.45, 7) is 1.88. The molecule has 28 heavy (non-hydrogen) atoms. The molecule has 1 heterocycles. The summed E-state index contributed by atoms with van der Waals surface area (Å²) in [6.07, 6.45) is -4.91. The molecule has 2 aromatic rings. The number of aryl methyl sites for hydroxylation is 1. The van der Waals surface area contributed by atoms with Crippen molar-refractivity contribution in [3.05, 3.63) is 59.2 Å². The van der Waals surface area contributed by atoms with Crippen molar-refractivity contribution in [3.63, 3.8) is 0 Å². The van der Waals surface area contributed by atoms with Crippen LogP contribution in [0.3, 0.4) is 0 Å². The number of hydrazone groups is 1. The van der Waals surface area contributed by atoms with Crippen LogP contribution in [0.25, 0.3) is 0 Å². The number of rotatable bonds is 4. The van der Waals surface area contributed by atoms with Crippen LogP contribution in [0.5, 0.6) is 11.5 Å². The summed E-state index contributed by atoms with van der Waals surface area (Å²) in [6, 6.07) is 11.1. The maximum Gasteiger partial charge on any atom is 0.473 e. The van der Waals surface area contributed by atoms with E-state index in [1.807, 2.05) is 6.92 Å². The number of alkyl halides is 3. The van der Waals surface area contributed by atoms with Crippen molar-refractivity contribution in [1.82, 2.24) is 5.01 Å². The summed E-state index contributed by atoms with van der Waals surface area (Å²) in [5, 5.41) is 4.55. The van der Waals surface area contributed by atoms with E-state index in [1.165, 1.54) is 14.2 Å². The van der Waals surface area contributed by atoms with Crippen molar-refractivity contribution >= 4 is 11.6 Å². The summed E-state index contributed by atoms with van der Waals surface area (Å²) in [4.78, 5) is 12.0. The predicted octanol–water partition coefficient (Wildman–Crippen LogP) is 4.25. The van der Waals surface area contributed by atoms with Gasteiger partial charge in [0.15, 0.2) is 0 Å². The highest BCUT2D eigenvalue weighted by Crippen LogP contribution is 2.38. The van der Waals surface area contributed by atoms with Crippen molar-refractivity contribution in [2.75, 3.05) is 14.2 Å². The molecule has 1 amide bonds. The van der Waals surface area contributed by atoms with Crippen molar-refractivity contribution in [2.24, 2.45) is 5.10 Å². The van der Waals surface area contributed by atoms with Crippen LogP contribution in [0.15, 0.2) is 47.6 Å². The first-order chi connectivity index (χ1) is 13.2. The van der Waals surface area contributed by atoms with E-state index in [0.717, 1.165) is 5.56 Å². The zero-order valence-electron chi connectivity index (χ0n) is 15.6. The Hall–Kier alpha value is -3.03. The number of benzene rings is 2. The highest BCUT2D eigenvalue weighted by atomic mass is 19.4. The van der Waals surface area contributed by atoms with Crippen molar-refractivity contribution in [3.8, 4) is 11.5 Å². The van der Waals surface area contributed by atoms with E-state index >= 15 is 0 Å². The molecule has 0 saturated carbocycles. The summed E-state index contributed by atoms with van der Waals surface area (Å²) >= 11 is 0. The molecule has 0 bridgehead atoms. The molecule has 1 atom stereocenters. The molecule has 8 heteroatoms. The van der Waals surface area contributed by atoms with Gasteiger partial charge in [-0.05, 0) is 30.7 Å². The fourth-order valence-electron chi connectivity index (χ4n) is 3.08. The van der Waals surface area contributed by atoms with Crippen LogP contribution < -0.4 is 9.47 Å². The maximum absolute atomic E-state index is 13.1. The number of halogens is 3. The first-order valence-electron chi connectivity index (χ1n) is 8.51. The number of ether oxygens (including phenoxy) is 2. The first kappa shape index (κ1) is 19.7. The normalized spacial score (nSPS) is 16.7. The van der Waals surface area contributed by atoms with E-state index in [2.05, 4.69) is 5.10 Å². The summed E-state index contributed by atoms with van der Waals surface area (Å²) in [5.74, 6) is -1.07. The third-order valence-corrected chi connectivity index (χ3v) is 4.54. The zero-order valence-corrected chi connectivity index (χ0v) is 15.6. The number of amides is 1. The number of methoxy groups -OCH3 is 2. The smallest absolute Gasteiger partial charge is 0.473 e. The molecule has 0 spiro atoms. The van der Waals surface area contributed by atoms with E-state index in [1.54, 1.807) is 42.5 Å². The van der Waals surface area contributed by atoms with Crippen molar-refractivity contribution in [2.45, 2.75) is 25.6 Å². The second-order valence-electron chi connectivity index (χ2n) is 6.39.